The van der Waals surface area contributed by atoms with E-state index < -0.39 is 0 Å². The van der Waals surface area contributed by atoms with Gasteiger partial charge >= 0.3 is 0 Å². The van der Waals surface area contributed by atoms with E-state index >= 15 is 0 Å². The lowest BCUT2D eigenvalue weighted by molar-refractivity contribution is -0.117. The van der Waals surface area contributed by atoms with Gasteiger partial charge in [-0.1, -0.05) is 71.7 Å². The largest absolute Gasteiger partial charge is 0.324 e. The average molecular weight is 417 g/mol. The van der Waals surface area contributed by atoms with Gasteiger partial charge in [-0.25, -0.2) is 4.39 Å². The van der Waals surface area contributed by atoms with Crippen LogP contribution in [-0.4, -0.2) is 24.4 Å². The number of hydrogen-bond acceptors (Lipinski definition) is 2. The first-order valence-electron chi connectivity index (χ1n) is 8.70. The minimum absolute atomic E-state index is 0.111. The molecule has 0 fully saturated rings. The molecule has 0 saturated heterocycles. The van der Waals surface area contributed by atoms with Gasteiger partial charge in [0.1, 0.15) is 5.82 Å². The monoisotopic (exact) mass is 416 g/mol. The molecule has 0 aliphatic heterocycles. The standard InChI is InChI=1S/C22H19Cl2FN2O/c1-27(14-20(28)26-19-9-5-8-18(23)21(19)24)22(15-6-3-2-4-7-15)16-10-12-17(25)13-11-16/h2-13,22H,14H2,1H3,(H,26,28). The van der Waals surface area contributed by atoms with E-state index in [2.05, 4.69) is 5.32 Å². The molecular formula is C22H19Cl2FN2O. The molecule has 0 radical (unpaired) electrons. The van der Waals surface area contributed by atoms with E-state index in [9.17, 15) is 9.18 Å². The van der Waals surface area contributed by atoms with Gasteiger partial charge in [-0.15, -0.1) is 0 Å². The average Bonchev–Trinajstić information content (AvgIpc) is 2.68. The van der Waals surface area contributed by atoms with Crippen molar-refractivity contribution in [1.29, 1.82) is 0 Å². The highest BCUT2D eigenvalue weighted by atomic mass is 35.5. The van der Waals surface area contributed by atoms with Crippen molar-refractivity contribution in [2.75, 3.05) is 18.9 Å². The van der Waals surface area contributed by atoms with Crippen molar-refractivity contribution in [3.05, 3.63) is 99.8 Å². The summed E-state index contributed by atoms with van der Waals surface area (Å²) < 4.78 is 13.4. The van der Waals surface area contributed by atoms with Gasteiger partial charge in [0.15, 0.2) is 0 Å². The molecule has 0 bridgehead atoms. The van der Waals surface area contributed by atoms with Crippen LogP contribution in [0.5, 0.6) is 0 Å². The number of carbonyl (C=O) groups excluding carboxylic acids is 1. The van der Waals surface area contributed by atoms with E-state index in [1.54, 1.807) is 30.3 Å². The topological polar surface area (TPSA) is 32.3 Å². The molecule has 3 aromatic rings. The molecule has 3 rings (SSSR count). The van der Waals surface area contributed by atoms with E-state index in [1.807, 2.05) is 42.3 Å². The first-order valence-corrected chi connectivity index (χ1v) is 9.46. The molecule has 1 atom stereocenters. The smallest absolute Gasteiger partial charge is 0.238 e. The summed E-state index contributed by atoms with van der Waals surface area (Å²) in [4.78, 5) is 14.5. The second kappa shape index (κ2) is 9.20. The van der Waals surface area contributed by atoms with Crippen LogP contribution in [0.2, 0.25) is 10.0 Å². The van der Waals surface area contributed by atoms with Gasteiger partial charge in [-0.3, -0.25) is 9.69 Å². The number of nitrogens with zero attached hydrogens (tertiary/aromatic N) is 1. The first kappa shape index (κ1) is 20.3. The molecule has 0 saturated carbocycles. The lowest BCUT2D eigenvalue weighted by atomic mass is 9.97. The predicted octanol–water partition coefficient (Wildman–Crippen LogP) is 5.79. The third kappa shape index (κ3) is 4.90. The predicted molar refractivity (Wildman–Crippen MR) is 112 cm³/mol. The lowest BCUT2D eigenvalue weighted by Crippen LogP contribution is -2.34. The minimum Gasteiger partial charge on any atom is -0.324 e. The number of rotatable bonds is 6. The molecule has 0 aliphatic carbocycles. The summed E-state index contributed by atoms with van der Waals surface area (Å²) >= 11 is 12.1. The minimum atomic E-state index is -0.299. The molecule has 0 aromatic heterocycles. The number of halogens is 3. The number of anilines is 1. The fourth-order valence-electron chi connectivity index (χ4n) is 3.09. The van der Waals surface area contributed by atoms with Gasteiger partial charge in [0.2, 0.25) is 5.91 Å². The molecule has 1 unspecified atom stereocenters. The van der Waals surface area contributed by atoms with Crippen molar-refractivity contribution in [3.63, 3.8) is 0 Å². The summed E-state index contributed by atoms with van der Waals surface area (Å²) in [6.45, 7) is 0.111. The van der Waals surface area contributed by atoms with Crippen LogP contribution in [-0.2, 0) is 4.79 Å². The molecule has 1 amide bonds. The Hall–Kier alpha value is -2.40. The van der Waals surface area contributed by atoms with Crippen LogP contribution in [0.15, 0.2) is 72.8 Å². The summed E-state index contributed by atoms with van der Waals surface area (Å²) in [6, 6.07) is 20.9. The van der Waals surface area contributed by atoms with Gasteiger partial charge in [-0.2, -0.15) is 0 Å². The highest BCUT2D eigenvalue weighted by molar-refractivity contribution is 6.44. The normalized spacial score (nSPS) is 12.0. The zero-order valence-electron chi connectivity index (χ0n) is 15.2. The molecule has 0 aliphatic rings. The molecule has 1 N–H and O–H groups in total. The highest BCUT2D eigenvalue weighted by Gasteiger charge is 2.21. The Morgan fingerprint density at radius 1 is 0.964 bits per heavy atom. The number of benzene rings is 3. The number of nitrogens with one attached hydrogen (secondary N) is 1. The van der Waals surface area contributed by atoms with Gasteiger partial charge in [0.05, 0.1) is 28.3 Å². The molecular weight excluding hydrogens is 398 g/mol. The Balaban J connectivity index is 1.81. The van der Waals surface area contributed by atoms with Crippen molar-refractivity contribution in [1.82, 2.24) is 4.90 Å². The number of amides is 1. The van der Waals surface area contributed by atoms with Crippen LogP contribution < -0.4 is 5.32 Å². The van der Waals surface area contributed by atoms with Crippen LogP contribution in [0.1, 0.15) is 17.2 Å². The zero-order valence-corrected chi connectivity index (χ0v) is 16.7. The van der Waals surface area contributed by atoms with Crippen LogP contribution in [0.3, 0.4) is 0 Å². The van der Waals surface area contributed by atoms with Gasteiger partial charge < -0.3 is 5.32 Å². The second-order valence-corrected chi connectivity index (χ2v) is 7.21. The summed E-state index contributed by atoms with van der Waals surface area (Å²) in [7, 11) is 1.85. The van der Waals surface area contributed by atoms with E-state index in [4.69, 9.17) is 23.2 Å². The van der Waals surface area contributed by atoms with Crippen molar-refractivity contribution in [2.45, 2.75) is 6.04 Å². The summed E-state index contributed by atoms with van der Waals surface area (Å²) in [6.07, 6.45) is 0. The van der Waals surface area contributed by atoms with E-state index in [1.165, 1.54) is 12.1 Å². The van der Waals surface area contributed by atoms with Crippen LogP contribution in [0.25, 0.3) is 0 Å². The Labute approximate surface area is 173 Å². The van der Waals surface area contributed by atoms with E-state index in [-0.39, 0.29) is 24.3 Å². The maximum atomic E-state index is 13.4. The summed E-state index contributed by atoms with van der Waals surface area (Å²) in [5.41, 5.74) is 2.36. The number of likely N-dealkylation sites (N-methyl/N-ethyl adjacent to an activating group) is 1. The van der Waals surface area contributed by atoms with Crippen LogP contribution in [0, 0.1) is 5.82 Å². The fourth-order valence-corrected chi connectivity index (χ4v) is 3.44. The summed E-state index contributed by atoms with van der Waals surface area (Å²) in [5.74, 6) is -0.527. The molecule has 0 spiro atoms. The van der Waals surface area contributed by atoms with Gasteiger partial charge in [0.25, 0.3) is 0 Å². The maximum absolute atomic E-state index is 13.4. The van der Waals surface area contributed by atoms with Crippen molar-refractivity contribution in [3.8, 4) is 0 Å². The Kier molecular flexibility index (Phi) is 6.68. The van der Waals surface area contributed by atoms with Crippen LogP contribution in [0.4, 0.5) is 10.1 Å². The van der Waals surface area contributed by atoms with Crippen molar-refractivity contribution in [2.24, 2.45) is 0 Å². The van der Waals surface area contributed by atoms with E-state index in [0.29, 0.717) is 15.7 Å². The molecule has 144 valence electrons. The lowest BCUT2D eigenvalue weighted by Gasteiger charge is -2.28. The maximum Gasteiger partial charge on any atom is 0.238 e. The summed E-state index contributed by atoms with van der Waals surface area (Å²) in [5, 5.41) is 3.47. The molecule has 6 heteroatoms. The third-order valence-electron chi connectivity index (χ3n) is 4.36. The molecule has 3 aromatic carbocycles. The van der Waals surface area contributed by atoms with E-state index in [0.717, 1.165) is 11.1 Å². The van der Waals surface area contributed by atoms with Gasteiger partial charge in [-0.05, 0) is 42.4 Å². The fraction of sp³-hybridized carbons (Fsp3) is 0.136. The Bertz CT molecular complexity index is 949. The Morgan fingerprint density at radius 3 is 2.29 bits per heavy atom. The van der Waals surface area contributed by atoms with Crippen molar-refractivity contribution >= 4 is 34.8 Å². The zero-order chi connectivity index (χ0) is 20.1. The number of carbonyl (C=O) groups is 1. The van der Waals surface area contributed by atoms with Gasteiger partial charge in [0, 0.05) is 0 Å². The van der Waals surface area contributed by atoms with Crippen LogP contribution >= 0.6 is 23.2 Å². The quantitative estimate of drug-likeness (QED) is 0.551. The second-order valence-electron chi connectivity index (χ2n) is 6.43. The third-order valence-corrected chi connectivity index (χ3v) is 5.18. The Morgan fingerprint density at radius 2 is 1.61 bits per heavy atom. The first-order chi connectivity index (χ1) is 13.5. The molecule has 0 heterocycles. The number of hydrogen-bond donors (Lipinski definition) is 1. The molecule has 28 heavy (non-hydrogen) atoms. The highest BCUT2D eigenvalue weighted by Crippen LogP contribution is 2.30. The molecule has 3 nitrogen and oxygen atoms in total. The van der Waals surface area contributed by atoms with Crippen molar-refractivity contribution < 1.29 is 9.18 Å². The SMILES string of the molecule is CN(CC(=O)Nc1cccc(Cl)c1Cl)C(c1ccccc1)c1ccc(F)cc1.